The van der Waals surface area contributed by atoms with Crippen molar-refractivity contribution in [2.75, 3.05) is 32.8 Å². The second-order valence-electron chi connectivity index (χ2n) is 8.02. The quantitative estimate of drug-likeness (QED) is 0.863. The van der Waals surface area contributed by atoms with E-state index < -0.39 is 0 Å². The van der Waals surface area contributed by atoms with Crippen molar-refractivity contribution in [1.29, 1.82) is 0 Å². The molecule has 1 amide bonds. The Morgan fingerprint density at radius 2 is 2.04 bits per heavy atom. The molecule has 26 heavy (non-hydrogen) atoms. The lowest BCUT2D eigenvalue weighted by Gasteiger charge is -2.45. The lowest BCUT2D eigenvalue weighted by Crippen LogP contribution is -2.55. The molecular formula is C19H30N4O3. The maximum absolute atomic E-state index is 13.1. The number of morpholine rings is 1. The van der Waals surface area contributed by atoms with Crippen molar-refractivity contribution in [1.82, 2.24) is 19.6 Å². The fourth-order valence-electron chi connectivity index (χ4n) is 4.54. The number of aryl methyl sites for hydroxylation is 1. The molecule has 1 aromatic rings. The van der Waals surface area contributed by atoms with E-state index in [9.17, 15) is 9.90 Å². The third-order valence-corrected chi connectivity index (χ3v) is 6.05. The maximum atomic E-state index is 13.1. The number of rotatable bonds is 4. The van der Waals surface area contributed by atoms with E-state index >= 15 is 0 Å². The molecule has 2 saturated heterocycles. The van der Waals surface area contributed by atoms with Crippen LogP contribution in [0, 0.1) is 5.92 Å². The van der Waals surface area contributed by atoms with Crippen molar-refractivity contribution in [2.45, 2.75) is 50.4 Å². The Balaban J connectivity index is 1.54. The number of carbonyl (C=O) groups excluding carboxylic acids is 1. The van der Waals surface area contributed by atoms with Gasteiger partial charge >= 0.3 is 0 Å². The Hall–Kier alpha value is -1.44. The van der Waals surface area contributed by atoms with E-state index in [1.807, 2.05) is 24.3 Å². The summed E-state index contributed by atoms with van der Waals surface area (Å²) in [5.41, 5.74) is 1.04. The molecule has 2 aliphatic heterocycles. The molecule has 0 unspecified atom stereocenters. The van der Waals surface area contributed by atoms with E-state index in [1.165, 1.54) is 19.3 Å². The molecule has 0 aromatic carbocycles. The monoisotopic (exact) mass is 362 g/mol. The molecule has 144 valence electrons. The van der Waals surface area contributed by atoms with Crippen LogP contribution in [0.3, 0.4) is 0 Å². The van der Waals surface area contributed by atoms with Crippen molar-refractivity contribution in [3.63, 3.8) is 0 Å². The summed E-state index contributed by atoms with van der Waals surface area (Å²) in [4.78, 5) is 17.5. The lowest BCUT2D eigenvalue weighted by atomic mass is 9.80. The zero-order valence-corrected chi connectivity index (χ0v) is 15.6. The Morgan fingerprint density at radius 3 is 2.69 bits per heavy atom. The van der Waals surface area contributed by atoms with Crippen molar-refractivity contribution in [2.24, 2.45) is 13.0 Å². The molecule has 3 fully saturated rings. The number of likely N-dealkylation sites (tertiary alicyclic amines) is 1. The van der Waals surface area contributed by atoms with Crippen LogP contribution in [0.1, 0.15) is 43.7 Å². The van der Waals surface area contributed by atoms with Gasteiger partial charge in [0.05, 0.1) is 31.1 Å². The topological polar surface area (TPSA) is 70.8 Å². The van der Waals surface area contributed by atoms with Gasteiger partial charge in [-0.05, 0) is 38.8 Å². The Kier molecular flexibility index (Phi) is 5.29. The summed E-state index contributed by atoms with van der Waals surface area (Å²) in [6.45, 7) is 4.28. The van der Waals surface area contributed by atoms with Gasteiger partial charge in [-0.1, -0.05) is 6.42 Å². The standard InChI is InChI=1S/C19H30N4O3/c1-21-12-15(11-20-21)18-17(13-22-5-3-2-4-6-22)26-8-7-23(18)19(25)14-9-16(24)10-14/h11-12,14,16-18,24H,2-10,13H2,1H3/t14?,16?,17-,18-/m0/s1. The maximum Gasteiger partial charge on any atom is 0.226 e. The van der Waals surface area contributed by atoms with Gasteiger partial charge in [0.1, 0.15) is 0 Å². The SMILES string of the molecule is Cn1cc([C@H]2[C@H](CN3CCCCC3)OCCN2C(=O)C2CC(O)C2)cn1. The van der Waals surface area contributed by atoms with Gasteiger partial charge in [0.15, 0.2) is 0 Å². The van der Waals surface area contributed by atoms with Crippen LogP contribution in [-0.2, 0) is 16.6 Å². The molecule has 3 aliphatic rings. The van der Waals surface area contributed by atoms with E-state index in [-0.39, 0.29) is 30.1 Å². The van der Waals surface area contributed by atoms with Crippen LogP contribution >= 0.6 is 0 Å². The minimum Gasteiger partial charge on any atom is -0.393 e. The van der Waals surface area contributed by atoms with E-state index in [0.717, 1.165) is 25.2 Å². The fraction of sp³-hybridized carbons (Fsp3) is 0.789. The minimum atomic E-state index is -0.314. The van der Waals surface area contributed by atoms with Gasteiger partial charge in [-0.15, -0.1) is 0 Å². The number of nitrogens with zero attached hydrogens (tertiary/aromatic N) is 4. The molecule has 0 radical (unpaired) electrons. The number of amides is 1. The van der Waals surface area contributed by atoms with Crippen LogP contribution in [0.25, 0.3) is 0 Å². The van der Waals surface area contributed by atoms with Crippen molar-refractivity contribution >= 4 is 5.91 Å². The van der Waals surface area contributed by atoms with Crippen LogP contribution in [0.5, 0.6) is 0 Å². The summed E-state index contributed by atoms with van der Waals surface area (Å²) in [6.07, 6.45) is 8.49. The number of aliphatic hydroxyl groups excluding tert-OH is 1. The number of aliphatic hydroxyl groups is 1. The highest BCUT2D eigenvalue weighted by molar-refractivity contribution is 5.80. The summed E-state index contributed by atoms with van der Waals surface area (Å²) < 4.78 is 7.96. The van der Waals surface area contributed by atoms with Crippen LogP contribution in [0.15, 0.2) is 12.4 Å². The molecule has 1 aromatic heterocycles. The summed E-state index contributed by atoms with van der Waals surface area (Å²) in [5.74, 6) is 0.119. The van der Waals surface area contributed by atoms with Crippen molar-refractivity contribution in [3.05, 3.63) is 18.0 Å². The second-order valence-corrected chi connectivity index (χ2v) is 8.02. The third kappa shape index (κ3) is 3.66. The normalized spacial score (nSPS) is 33.1. The van der Waals surface area contributed by atoms with Gasteiger partial charge in [-0.3, -0.25) is 9.48 Å². The predicted molar refractivity (Wildman–Crippen MR) is 96.4 cm³/mol. The summed E-state index contributed by atoms with van der Waals surface area (Å²) in [6, 6.07) is -0.0929. The van der Waals surface area contributed by atoms with Gasteiger partial charge in [0.25, 0.3) is 0 Å². The lowest BCUT2D eigenvalue weighted by molar-refractivity contribution is -0.159. The zero-order valence-electron chi connectivity index (χ0n) is 15.6. The molecule has 1 saturated carbocycles. The van der Waals surface area contributed by atoms with Crippen LogP contribution in [0.2, 0.25) is 0 Å². The number of aromatic nitrogens is 2. The largest absolute Gasteiger partial charge is 0.393 e. The minimum absolute atomic E-state index is 0.0278. The highest BCUT2D eigenvalue weighted by atomic mass is 16.5. The molecular weight excluding hydrogens is 332 g/mol. The number of carbonyl (C=O) groups is 1. The summed E-state index contributed by atoms with van der Waals surface area (Å²) in [7, 11) is 1.90. The second kappa shape index (κ2) is 7.66. The zero-order chi connectivity index (χ0) is 18.1. The van der Waals surface area contributed by atoms with Crippen LogP contribution in [-0.4, -0.2) is 75.6 Å². The predicted octanol–water partition coefficient (Wildman–Crippen LogP) is 0.945. The van der Waals surface area contributed by atoms with Gasteiger partial charge in [-0.2, -0.15) is 5.10 Å². The molecule has 7 nitrogen and oxygen atoms in total. The molecule has 1 N–H and O–H groups in total. The summed E-state index contributed by atoms with van der Waals surface area (Å²) in [5, 5.41) is 13.9. The number of hydrogen-bond acceptors (Lipinski definition) is 5. The Labute approximate surface area is 154 Å². The molecule has 7 heteroatoms. The fourth-order valence-corrected chi connectivity index (χ4v) is 4.54. The van der Waals surface area contributed by atoms with Gasteiger partial charge in [0.2, 0.25) is 5.91 Å². The average molecular weight is 362 g/mol. The number of hydrogen-bond donors (Lipinski definition) is 1. The highest BCUT2D eigenvalue weighted by Gasteiger charge is 2.43. The van der Waals surface area contributed by atoms with E-state index in [2.05, 4.69) is 10.00 Å². The first-order chi connectivity index (χ1) is 12.6. The third-order valence-electron chi connectivity index (χ3n) is 6.05. The van der Waals surface area contributed by atoms with Crippen LogP contribution < -0.4 is 0 Å². The molecule has 0 spiro atoms. The first-order valence-corrected chi connectivity index (χ1v) is 9.93. The Bertz CT molecular complexity index is 622. The molecule has 0 bridgehead atoms. The summed E-state index contributed by atoms with van der Waals surface area (Å²) >= 11 is 0. The highest BCUT2D eigenvalue weighted by Crippen LogP contribution is 2.36. The average Bonchev–Trinajstić information content (AvgIpc) is 3.05. The van der Waals surface area contributed by atoms with E-state index in [0.29, 0.717) is 26.0 Å². The van der Waals surface area contributed by atoms with Gasteiger partial charge in [0, 0.05) is 37.8 Å². The van der Waals surface area contributed by atoms with E-state index in [4.69, 9.17) is 4.74 Å². The molecule has 2 atom stereocenters. The van der Waals surface area contributed by atoms with Crippen molar-refractivity contribution < 1.29 is 14.6 Å². The molecule has 4 rings (SSSR count). The first-order valence-electron chi connectivity index (χ1n) is 9.93. The van der Waals surface area contributed by atoms with Gasteiger partial charge in [-0.25, -0.2) is 0 Å². The van der Waals surface area contributed by atoms with E-state index in [1.54, 1.807) is 4.68 Å². The Morgan fingerprint density at radius 1 is 1.27 bits per heavy atom. The first kappa shape index (κ1) is 17.9. The number of piperidine rings is 1. The van der Waals surface area contributed by atoms with Crippen molar-refractivity contribution in [3.8, 4) is 0 Å². The number of ether oxygens (including phenoxy) is 1. The molecule has 3 heterocycles. The smallest absolute Gasteiger partial charge is 0.226 e. The van der Waals surface area contributed by atoms with Gasteiger partial charge < -0.3 is 19.6 Å². The molecule has 1 aliphatic carbocycles. The van der Waals surface area contributed by atoms with Crippen LogP contribution in [0.4, 0.5) is 0 Å².